The predicted molar refractivity (Wildman–Crippen MR) is 77.4 cm³/mol. The molecule has 0 aromatic heterocycles. The Kier molecular flexibility index (Phi) is 5.70. The second kappa shape index (κ2) is 7.52. The first-order chi connectivity index (χ1) is 9.74. The van der Waals surface area contributed by atoms with Crippen molar-refractivity contribution in [3.8, 4) is 5.75 Å². The van der Waals surface area contributed by atoms with E-state index in [0.717, 1.165) is 30.8 Å². The van der Waals surface area contributed by atoms with Gasteiger partial charge in [-0.25, -0.2) is 12.9 Å². The summed E-state index contributed by atoms with van der Waals surface area (Å²) in [5.41, 5.74) is 5.74. The van der Waals surface area contributed by atoms with E-state index in [9.17, 15) is 8.60 Å². The zero-order valence-electron chi connectivity index (χ0n) is 11.3. The normalized spacial score (nSPS) is 18.2. The molecule has 1 aliphatic heterocycles. The number of rotatable bonds is 6. The summed E-state index contributed by atoms with van der Waals surface area (Å²) < 4.78 is 31.9. The summed E-state index contributed by atoms with van der Waals surface area (Å²) in [7, 11) is -1.10. The van der Waals surface area contributed by atoms with E-state index in [1.165, 1.54) is 0 Å². The van der Waals surface area contributed by atoms with Gasteiger partial charge in [-0.1, -0.05) is 0 Å². The Morgan fingerprint density at radius 1 is 1.35 bits per heavy atom. The molecular weight excluding hydrogens is 279 g/mol. The molecule has 20 heavy (non-hydrogen) atoms. The van der Waals surface area contributed by atoms with Crippen LogP contribution in [0.1, 0.15) is 12.8 Å². The minimum Gasteiger partial charge on any atom is -0.489 e. The van der Waals surface area contributed by atoms with Crippen LogP contribution < -0.4 is 10.5 Å². The molecular formula is C14H19FN2O2S. The molecule has 0 bridgehead atoms. The summed E-state index contributed by atoms with van der Waals surface area (Å²) in [6, 6.07) is 7.06. The van der Waals surface area contributed by atoms with E-state index >= 15 is 0 Å². The summed E-state index contributed by atoms with van der Waals surface area (Å²) in [5, 5.41) is 0. The van der Waals surface area contributed by atoms with Crippen molar-refractivity contribution in [3.05, 3.63) is 36.2 Å². The van der Waals surface area contributed by atoms with Gasteiger partial charge in [0, 0.05) is 25.2 Å². The molecule has 1 atom stereocenters. The molecule has 1 aromatic rings. The van der Waals surface area contributed by atoms with Crippen LogP contribution in [0.4, 0.5) is 4.39 Å². The summed E-state index contributed by atoms with van der Waals surface area (Å²) >= 11 is 0. The van der Waals surface area contributed by atoms with Crippen LogP contribution in [0.25, 0.3) is 0 Å². The van der Waals surface area contributed by atoms with E-state index in [-0.39, 0.29) is 13.2 Å². The topological polar surface area (TPSA) is 55.6 Å². The van der Waals surface area contributed by atoms with E-state index in [2.05, 4.69) is 0 Å². The van der Waals surface area contributed by atoms with Crippen molar-refractivity contribution < 1.29 is 13.3 Å². The van der Waals surface area contributed by atoms with Crippen LogP contribution in [0.5, 0.6) is 5.75 Å². The van der Waals surface area contributed by atoms with Gasteiger partial charge >= 0.3 is 0 Å². The highest BCUT2D eigenvalue weighted by Gasteiger charge is 2.19. The summed E-state index contributed by atoms with van der Waals surface area (Å²) in [4.78, 5) is 0.763. The number of ether oxygens (including phenoxy) is 1. The summed E-state index contributed by atoms with van der Waals surface area (Å²) in [5.74, 6) is 0.611. The Hall–Kier alpha value is -1.24. The average molecular weight is 298 g/mol. The molecule has 2 N–H and O–H groups in total. The van der Waals surface area contributed by atoms with Crippen molar-refractivity contribution in [2.45, 2.75) is 17.7 Å². The zero-order chi connectivity index (χ0) is 14.4. The van der Waals surface area contributed by atoms with E-state index in [4.69, 9.17) is 10.5 Å². The molecule has 1 fully saturated rings. The molecule has 6 heteroatoms. The molecule has 0 aliphatic carbocycles. The minimum atomic E-state index is -1.10. The summed E-state index contributed by atoms with van der Waals surface area (Å²) in [6.07, 6.45) is 2.67. The fraction of sp³-hybridized carbons (Fsp3) is 0.429. The molecule has 1 unspecified atom stereocenters. The maximum atomic E-state index is 12.3. The van der Waals surface area contributed by atoms with Gasteiger partial charge in [0.2, 0.25) is 0 Å². The highest BCUT2D eigenvalue weighted by Crippen LogP contribution is 2.20. The lowest BCUT2D eigenvalue weighted by molar-refractivity contribution is 0.347. The second-order valence-corrected chi connectivity index (χ2v) is 6.10. The molecule has 2 rings (SSSR count). The van der Waals surface area contributed by atoms with E-state index in [1.54, 1.807) is 24.3 Å². The fourth-order valence-corrected chi connectivity index (χ4v) is 3.22. The molecule has 1 saturated heterocycles. The van der Waals surface area contributed by atoms with Crippen molar-refractivity contribution >= 4 is 11.0 Å². The molecule has 1 aromatic carbocycles. The molecule has 1 heterocycles. The molecule has 110 valence electrons. The molecule has 4 nitrogen and oxygen atoms in total. The third kappa shape index (κ3) is 3.88. The Balaban J connectivity index is 1.94. The largest absolute Gasteiger partial charge is 0.489 e. The fourth-order valence-electron chi connectivity index (χ4n) is 1.97. The SMILES string of the molecule is NC/C(=C/F)COc1ccc(S(=O)N2CCCC2)cc1. The van der Waals surface area contributed by atoms with Gasteiger partial charge in [-0.2, -0.15) is 0 Å². The average Bonchev–Trinajstić information content (AvgIpc) is 3.02. The van der Waals surface area contributed by atoms with E-state index in [1.807, 2.05) is 4.31 Å². The maximum Gasteiger partial charge on any atom is 0.127 e. The standard InChI is InChI=1S/C14H19FN2O2S/c15-9-12(10-16)11-19-13-3-5-14(6-4-13)20(18)17-7-1-2-8-17/h3-6,9H,1-2,7-8,10-11,16H2/b12-9-. The molecule has 0 amide bonds. The second-order valence-electron chi connectivity index (χ2n) is 4.62. The number of hydrogen-bond acceptors (Lipinski definition) is 3. The van der Waals surface area contributed by atoms with Crippen molar-refractivity contribution in [1.29, 1.82) is 0 Å². The van der Waals surface area contributed by atoms with E-state index < -0.39 is 11.0 Å². The lowest BCUT2D eigenvalue weighted by atomic mass is 10.3. The Morgan fingerprint density at radius 2 is 2.00 bits per heavy atom. The van der Waals surface area contributed by atoms with E-state index in [0.29, 0.717) is 17.7 Å². The first-order valence-corrected chi connectivity index (χ1v) is 7.73. The molecule has 0 radical (unpaired) electrons. The molecule has 0 saturated carbocycles. The van der Waals surface area contributed by atoms with Gasteiger partial charge in [-0.3, -0.25) is 0 Å². The van der Waals surface area contributed by atoms with Gasteiger partial charge in [0.1, 0.15) is 23.3 Å². The third-order valence-electron chi connectivity index (χ3n) is 3.17. The van der Waals surface area contributed by atoms with Gasteiger partial charge in [-0.05, 0) is 37.1 Å². The Bertz CT molecular complexity index is 484. The maximum absolute atomic E-state index is 12.3. The third-order valence-corrected chi connectivity index (χ3v) is 4.68. The number of halogens is 1. The van der Waals surface area contributed by atoms with Crippen LogP contribution in [0.3, 0.4) is 0 Å². The van der Waals surface area contributed by atoms with Gasteiger partial charge in [0.25, 0.3) is 0 Å². The van der Waals surface area contributed by atoms with Crippen LogP contribution in [0, 0.1) is 0 Å². The van der Waals surface area contributed by atoms with Gasteiger partial charge < -0.3 is 10.5 Å². The van der Waals surface area contributed by atoms with Crippen molar-refractivity contribution in [3.63, 3.8) is 0 Å². The minimum absolute atomic E-state index is 0.127. The lowest BCUT2D eigenvalue weighted by Crippen LogP contribution is -2.21. The van der Waals surface area contributed by atoms with Crippen molar-refractivity contribution in [2.75, 3.05) is 26.2 Å². The summed E-state index contributed by atoms with van der Waals surface area (Å²) in [6.45, 7) is 2.02. The highest BCUT2D eigenvalue weighted by atomic mass is 32.2. The quantitative estimate of drug-likeness (QED) is 0.874. The zero-order valence-corrected chi connectivity index (χ0v) is 12.1. The Labute approximate surface area is 121 Å². The smallest absolute Gasteiger partial charge is 0.127 e. The highest BCUT2D eigenvalue weighted by molar-refractivity contribution is 7.82. The first kappa shape index (κ1) is 15.2. The van der Waals surface area contributed by atoms with Gasteiger partial charge in [0.15, 0.2) is 0 Å². The Morgan fingerprint density at radius 3 is 2.55 bits per heavy atom. The number of hydrogen-bond donors (Lipinski definition) is 1. The molecule has 0 spiro atoms. The van der Waals surface area contributed by atoms with Crippen molar-refractivity contribution in [2.24, 2.45) is 5.73 Å². The number of nitrogens with two attached hydrogens (primary N) is 1. The van der Waals surface area contributed by atoms with Crippen LogP contribution >= 0.6 is 0 Å². The van der Waals surface area contributed by atoms with Crippen LogP contribution in [-0.4, -0.2) is 34.8 Å². The van der Waals surface area contributed by atoms with Crippen LogP contribution in [0.2, 0.25) is 0 Å². The van der Waals surface area contributed by atoms with Crippen LogP contribution in [-0.2, 0) is 11.0 Å². The number of nitrogens with zero attached hydrogens (tertiary/aromatic N) is 1. The van der Waals surface area contributed by atoms with Crippen LogP contribution in [0.15, 0.2) is 41.1 Å². The molecule has 1 aliphatic rings. The predicted octanol–water partition coefficient (Wildman–Crippen LogP) is 2.00. The lowest BCUT2D eigenvalue weighted by Gasteiger charge is -2.14. The monoisotopic (exact) mass is 298 g/mol. The van der Waals surface area contributed by atoms with Gasteiger partial charge in [0.05, 0.1) is 11.2 Å². The first-order valence-electron chi connectivity index (χ1n) is 6.62. The number of benzene rings is 1. The van der Waals surface area contributed by atoms with Gasteiger partial charge in [-0.15, -0.1) is 0 Å². The van der Waals surface area contributed by atoms with Crippen molar-refractivity contribution in [1.82, 2.24) is 4.31 Å².